The Morgan fingerprint density at radius 3 is 2.45 bits per heavy atom. The molecule has 6 atom stereocenters. The lowest BCUT2D eigenvalue weighted by molar-refractivity contribution is -0.149. The highest BCUT2D eigenvalue weighted by Crippen LogP contribution is 2.46. The van der Waals surface area contributed by atoms with Crippen molar-refractivity contribution in [3.63, 3.8) is 0 Å². The zero-order valence-corrected chi connectivity index (χ0v) is 13.3. The van der Waals surface area contributed by atoms with Gasteiger partial charge in [0.25, 0.3) is 0 Å². The molecule has 1 N–H and O–H groups in total. The van der Waals surface area contributed by atoms with Gasteiger partial charge in [0, 0.05) is 5.57 Å². The molecule has 2 bridgehead atoms. The van der Waals surface area contributed by atoms with E-state index >= 15 is 0 Å². The standard InChI is InChI=1S/C18H26O4/c1-10-3-5-13(9-15(10)17(19)20)11(2)18(21)22-16-8-12-4-6-14(16)7-12/h10,12-16H,2-9H2,1H3,(H,19,20). The van der Waals surface area contributed by atoms with Crippen molar-refractivity contribution in [2.75, 3.05) is 0 Å². The minimum Gasteiger partial charge on any atom is -0.481 e. The van der Waals surface area contributed by atoms with Crippen LogP contribution in [0.5, 0.6) is 0 Å². The molecule has 4 nitrogen and oxygen atoms in total. The van der Waals surface area contributed by atoms with Gasteiger partial charge in [0.1, 0.15) is 6.10 Å². The molecule has 0 saturated heterocycles. The summed E-state index contributed by atoms with van der Waals surface area (Å²) in [5.41, 5.74) is 0.487. The van der Waals surface area contributed by atoms with Gasteiger partial charge >= 0.3 is 11.9 Å². The van der Waals surface area contributed by atoms with Gasteiger partial charge in [-0.15, -0.1) is 0 Å². The Labute approximate surface area is 131 Å². The highest BCUT2D eigenvalue weighted by Gasteiger charge is 2.42. The maximum Gasteiger partial charge on any atom is 0.333 e. The third-order valence-corrected chi connectivity index (χ3v) is 6.20. The van der Waals surface area contributed by atoms with E-state index in [-0.39, 0.29) is 29.8 Å². The minimum atomic E-state index is -0.758. The Morgan fingerprint density at radius 2 is 1.86 bits per heavy atom. The Morgan fingerprint density at radius 1 is 1.09 bits per heavy atom. The summed E-state index contributed by atoms with van der Waals surface area (Å²) in [6.07, 6.45) is 6.92. The third-order valence-electron chi connectivity index (χ3n) is 6.20. The summed E-state index contributed by atoms with van der Waals surface area (Å²) in [7, 11) is 0. The van der Waals surface area contributed by atoms with Crippen LogP contribution >= 0.6 is 0 Å². The first-order valence-electron chi connectivity index (χ1n) is 8.58. The fourth-order valence-corrected chi connectivity index (χ4v) is 4.69. The van der Waals surface area contributed by atoms with E-state index in [2.05, 4.69) is 6.58 Å². The van der Waals surface area contributed by atoms with E-state index in [0.29, 0.717) is 17.9 Å². The molecular weight excluding hydrogens is 280 g/mol. The lowest BCUT2D eigenvalue weighted by Crippen LogP contribution is -2.32. The highest BCUT2D eigenvalue weighted by atomic mass is 16.5. The molecule has 3 rings (SSSR count). The first-order chi connectivity index (χ1) is 10.5. The van der Waals surface area contributed by atoms with E-state index in [1.165, 1.54) is 19.3 Å². The van der Waals surface area contributed by atoms with Crippen LogP contribution < -0.4 is 0 Å². The number of ether oxygens (including phenoxy) is 1. The van der Waals surface area contributed by atoms with Crippen LogP contribution in [0.15, 0.2) is 12.2 Å². The van der Waals surface area contributed by atoms with E-state index in [4.69, 9.17) is 4.74 Å². The second kappa shape index (κ2) is 6.05. The SMILES string of the molecule is C=C(C(=O)OC1CC2CCC1C2)C1CCC(C)C(C(=O)O)C1. The van der Waals surface area contributed by atoms with Crippen LogP contribution in [-0.4, -0.2) is 23.1 Å². The number of carbonyl (C=O) groups excluding carboxylic acids is 1. The van der Waals surface area contributed by atoms with Gasteiger partial charge in [-0.2, -0.15) is 0 Å². The largest absolute Gasteiger partial charge is 0.481 e. The molecule has 3 saturated carbocycles. The maximum absolute atomic E-state index is 12.4. The molecule has 122 valence electrons. The number of carboxylic acid groups (broad SMARTS) is 1. The van der Waals surface area contributed by atoms with Crippen molar-refractivity contribution in [2.24, 2.45) is 29.6 Å². The smallest absolute Gasteiger partial charge is 0.333 e. The van der Waals surface area contributed by atoms with E-state index in [1.54, 1.807) is 0 Å². The Hall–Kier alpha value is -1.32. The fourth-order valence-electron chi connectivity index (χ4n) is 4.69. The molecule has 0 heterocycles. The predicted octanol–water partition coefficient (Wildman–Crippen LogP) is 3.41. The fraction of sp³-hybridized carbons (Fsp3) is 0.778. The molecule has 4 heteroatoms. The van der Waals surface area contributed by atoms with Crippen molar-refractivity contribution in [3.05, 3.63) is 12.2 Å². The van der Waals surface area contributed by atoms with Crippen molar-refractivity contribution in [2.45, 2.75) is 58.0 Å². The van der Waals surface area contributed by atoms with E-state index in [0.717, 1.165) is 25.2 Å². The molecular formula is C18H26O4. The highest BCUT2D eigenvalue weighted by molar-refractivity contribution is 5.88. The zero-order valence-electron chi connectivity index (χ0n) is 13.3. The molecule has 22 heavy (non-hydrogen) atoms. The van der Waals surface area contributed by atoms with Crippen molar-refractivity contribution < 1.29 is 19.4 Å². The van der Waals surface area contributed by atoms with Crippen LogP contribution in [0.1, 0.15) is 51.9 Å². The molecule has 3 aliphatic rings. The average molecular weight is 306 g/mol. The van der Waals surface area contributed by atoms with Gasteiger partial charge in [0.2, 0.25) is 0 Å². The Kier molecular flexibility index (Phi) is 4.28. The number of carboxylic acids is 1. The van der Waals surface area contributed by atoms with E-state index in [9.17, 15) is 14.7 Å². The van der Waals surface area contributed by atoms with Crippen molar-refractivity contribution >= 4 is 11.9 Å². The van der Waals surface area contributed by atoms with Crippen molar-refractivity contribution in [3.8, 4) is 0 Å². The van der Waals surface area contributed by atoms with Crippen LogP contribution in [-0.2, 0) is 14.3 Å². The van der Waals surface area contributed by atoms with Gasteiger partial charge < -0.3 is 9.84 Å². The summed E-state index contributed by atoms with van der Waals surface area (Å²) >= 11 is 0. The second-order valence-corrected chi connectivity index (χ2v) is 7.58. The number of rotatable bonds is 4. The molecule has 3 fully saturated rings. The molecule has 0 aromatic carbocycles. The molecule has 6 unspecified atom stereocenters. The number of esters is 1. The maximum atomic E-state index is 12.4. The number of hydrogen-bond donors (Lipinski definition) is 1. The van der Waals surface area contributed by atoms with Gasteiger partial charge in [0.15, 0.2) is 0 Å². The summed E-state index contributed by atoms with van der Waals surface area (Å²) < 4.78 is 5.70. The number of aliphatic carboxylic acids is 1. The molecule has 0 aliphatic heterocycles. The zero-order chi connectivity index (χ0) is 15.9. The third kappa shape index (κ3) is 2.92. The van der Waals surface area contributed by atoms with E-state index in [1.807, 2.05) is 6.92 Å². The van der Waals surface area contributed by atoms with E-state index < -0.39 is 5.97 Å². The molecule has 0 aromatic heterocycles. The molecule has 0 aromatic rings. The van der Waals surface area contributed by atoms with Gasteiger partial charge in [-0.1, -0.05) is 13.5 Å². The van der Waals surface area contributed by atoms with Crippen molar-refractivity contribution in [1.29, 1.82) is 0 Å². The molecule has 0 amide bonds. The molecule has 0 radical (unpaired) electrons. The summed E-state index contributed by atoms with van der Waals surface area (Å²) in [6.45, 7) is 5.91. The second-order valence-electron chi connectivity index (χ2n) is 7.58. The first kappa shape index (κ1) is 15.6. The monoisotopic (exact) mass is 306 g/mol. The lowest BCUT2D eigenvalue weighted by atomic mass is 9.72. The number of carbonyl (C=O) groups is 2. The Bertz CT molecular complexity index is 483. The average Bonchev–Trinajstić information content (AvgIpc) is 3.09. The Balaban J connectivity index is 1.56. The number of hydrogen-bond acceptors (Lipinski definition) is 3. The van der Waals surface area contributed by atoms with Crippen LogP contribution in [0.4, 0.5) is 0 Å². The summed E-state index contributed by atoms with van der Waals surface area (Å²) in [5, 5.41) is 9.30. The van der Waals surface area contributed by atoms with Crippen molar-refractivity contribution in [1.82, 2.24) is 0 Å². The summed E-state index contributed by atoms with van der Waals surface area (Å²) in [6, 6.07) is 0. The lowest BCUT2D eigenvalue weighted by Gasteiger charge is -2.32. The van der Waals surface area contributed by atoms with Gasteiger partial charge in [-0.25, -0.2) is 4.79 Å². The van der Waals surface area contributed by atoms with Gasteiger partial charge in [0.05, 0.1) is 5.92 Å². The van der Waals surface area contributed by atoms with Gasteiger partial charge in [-0.3, -0.25) is 4.79 Å². The molecule has 3 aliphatic carbocycles. The summed E-state index contributed by atoms with van der Waals surface area (Å²) in [4.78, 5) is 23.7. The van der Waals surface area contributed by atoms with Crippen LogP contribution in [0.3, 0.4) is 0 Å². The normalized spacial score (nSPS) is 40.4. The quantitative estimate of drug-likeness (QED) is 0.638. The topological polar surface area (TPSA) is 63.6 Å². The molecule has 0 spiro atoms. The summed E-state index contributed by atoms with van der Waals surface area (Å²) in [5.74, 6) is -0.00656. The number of fused-ring (bicyclic) bond motifs is 2. The van der Waals surface area contributed by atoms with Crippen LogP contribution in [0.2, 0.25) is 0 Å². The minimum absolute atomic E-state index is 0.0385. The van der Waals surface area contributed by atoms with Crippen LogP contribution in [0, 0.1) is 29.6 Å². The first-order valence-corrected chi connectivity index (χ1v) is 8.58. The van der Waals surface area contributed by atoms with Gasteiger partial charge in [-0.05, 0) is 68.6 Å². The van der Waals surface area contributed by atoms with Crippen LogP contribution in [0.25, 0.3) is 0 Å². The predicted molar refractivity (Wildman–Crippen MR) is 82.1 cm³/mol.